The summed E-state index contributed by atoms with van der Waals surface area (Å²) in [7, 11) is 0. The molecule has 0 saturated carbocycles. The Bertz CT molecular complexity index is 301. The fourth-order valence-corrected chi connectivity index (χ4v) is 0.819. The summed E-state index contributed by atoms with van der Waals surface area (Å²) in [6.45, 7) is 0.277. The SMILES string of the molecule is NCCC(=O)Nc1ncccc1O. The lowest BCUT2D eigenvalue weighted by atomic mass is 10.4. The Kier molecular flexibility index (Phi) is 3.22. The van der Waals surface area contributed by atoms with Crippen molar-refractivity contribution in [1.82, 2.24) is 4.98 Å². The first kappa shape index (κ1) is 9.47. The van der Waals surface area contributed by atoms with Crippen LogP contribution in [-0.4, -0.2) is 22.5 Å². The van der Waals surface area contributed by atoms with Crippen LogP contribution < -0.4 is 11.1 Å². The third kappa shape index (κ3) is 2.72. The van der Waals surface area contributed by atoms with Crippen LogP contribution in [0.3, 0.4) is 0 Å². The fraction of sp³-hybridized carbons (Fsp3) is 0.250. The van der Waals surface area contributed by atoms with Crippen LogP contribution in [0.5, 0.6) is 5.75 Å². The quantitative estimate of drug-likeness (QED) is 0.616. The van der Waals surface area contributed by atoms with E-state index in [1.165, 1.54) is 12.3 Å². The number of nitrogens with zero attached hydrogens (tertiary/aromatic N) is 1. The summed E-state index contributed by atoms with van der Waals surface area (Å²) in [5.41, 5.74) is 5.18. The van der Waals surface area contributed by atoms with Crippen molar-refractivity contribution in [3.63, 3.8) is 0 Å². The van der Waals surface area contributed by atoms with Crippen molar-refractivity contribution < 1.29 is 9.90 Å². The molecule has 4 N–H and O–H groups in total. The van der Waals surface area contributed by atoms with E-state index in [2.05, 4.69) is 10.3 Å². The van der Waals surface area contributed by atoms with E-state index in [9.17, 15) is 9.90 Å². The van der Waals surface area contributed by atoms with Crippen molar-refractivity contribution in [3.05, 3.63) is 18.3 Å². The van der Waals surface area contributed by atoms with Crippen molar-refractivity contribution in [2.24, 2.45) is 5.73 Å². The number of anilines is 1. The zero-order valence-electron chi connectivity index (χ0n) is 7.03. The average molecular weight is 181 g/mol. The van der Waals surface area contributed by atoms with Crippen LogP contribution in [0, 0.1) is 0 Å². The topological polar surface area (TPSA) is 88.2 Å². The number of nitrogens with one attached hydrogen (secondary N) is 1. The first-order valence-electron chi connectivity index (χ1n) is 3.88. The monoisotopic (exact) mass is 181 g/mol. The lowest BCUT2D eigenvalue weighted by Gasteiger charge is -2.03. The van der Waals surface area contributed by atoms with Gasteiger partial charge in [-0.3, -0.25) is 4.79 Å². The van der Waals surface area contributed by atoms with Crippen molar-refractivity contribution >= 4 is 11.7 Å². The van der Waals surface area contributed by atoms with E-state index in [-0.39, 0.29) is 30.4 Å². The summed E-state index contributed by atoms with van der Waals surface area (Å²) in [5.74, 6) is -0.134. The molecule has 0 atom stereocenters. The number of rotatable bonds is 3. The number of carbonyl (C=O) groups excluding carboxylic acids is 1. The molecule has 1 aromatic heterocycles. The van der Waals surface area contributed by atoms with Crippen LogP contribution in [0.25, 0.3) is 0 Å². The molecule has 0 aliphatic rings. The third-order valence-electron chi connectivity index (χ3n) is 1.42. The summed E-state index contributed by atoms with van der Waals surface area (Å²) in [4.78, 5) is 14.8. The average Bonchev–Trinajstić information content (AvgIpc) is 2.09. The highest BCUT2D eigenvalue weighted by molar-refractivity contribution is 5.91. The molecular weight excluding hydrogens is 170 g/mol. The van der Waals surface area contributed by atoms with Crippen LogP contribution in [0.4, 0.5) is 5.82 Å². The van der Waals surface area contributed by atoms with Gasteiger partial charge in [0.05, 0.1) is 0 Å². The number of nitrogens with two attached hydrogens (primary N) is 1. The molecular formula is C8H11N3O2. The van der Waals surface area contributed by atoms with E-state index in [1.54, 1.807) is 6.07 Å². The molecule has 5 nitrogen and oxygen atoms in total. The Labute approximate surface area is 75.6 Å². The predicted molar refractivity (Wildman–Crippen MR) is 48.2 cm³/mol. The molecule has 1 heterocycles. The summed E-state index contributed by atoms with van der Waals surface area (Å²) in [6, 6.07) is 3.03. The van der Waals surface area contributed by atoms with E-state index in [4.69, 9.17) is 5.73 Å². The molecule has 0 fully saturated rings. The number of hydrogen-bond donors (Lipinski definition) is 3. The second-order valence-corrected chi connectivity index (χ2v) is 2.46. The molecule has 0 aromatic carbocycles. The molecule has 0 unspecified atom stereocenters. The van der Waals surface area contributed by atoms with Gasteiger partial charge in [0.1, 0.15) is 0 Å². The second-order valence-electron chi connectivity index (χ2n) is 2.46. The van der Waals surface area contributed by atoms with Crippen LogP contribution in [0.1, 0.15) is 6.42 Å². The third-order valence-corrected chi connectivity index (χ3v) is 1.42. The molecule has 1 amide bonds. The van der Waals surface area contributed by atoms with Gasteiger partial charge in [-0.15, -0.1) is 0 Å². The van der Waals surface area contributed by atoms with Gasteiger partial charge >= 0.3 is 0 Å². The molecule has 0 aliphatic carbocycles. The number of amides is 1. The van der Waals surface area contributed by atoms with Crippen molar-refractivity contribution in [3.8, 4) is 5.75 Å². The minimum absolute atomic E-state index is 0.0483. The van der Waals surface area contributed by atoms with Gasteiger partial charge in [-0.25, -0.2) is 4.98 Å². The van der Waals surface area contributed by atoms with Gasteiger partial charge in [-0.05, 0) is 12.1 Å². The van der Waals surface area contributed by atoms with Gasteiger partial charge in [0.15, 0.2) is 11.6 Å². The molecule has 0 spiro atoms. The lowest BCUT2D eigenvalue weighted by molar-refractivity contribution is -0.116. The van der Waals surface area contributed by atoms with E-state index in [0.29, 0.717) is 0 Å². The van der Waals surface area contributed by atoms with Gasteiger partial charge in [0.25, 0.3) is 0 Å². The number of aromatic nitrogens is 1. The van der Waals surface area contributed by atoms with Crippen LogP contribution in [0.15, 0.2) is 18.3 Å². The first-order valence-corrected chi connectivity index (χ1v) is 3.88. The first-order chi connectivity index (χ1) is 6.24. The van der Waals surface area contributed by atoms with Crippen molar-refractivity contribution in [1.29, 1.82) is 0 Å². The summed E-state index contributed by atoms with van der Waals surface area (Å²) in [5, 5.41) is 11.7. The summed E-state index contributed by atoms with van der Waals surface area (Å²) in [6.07, 6.45) is 1.70. The Morgan fingerprint density at radius 3 is 3.08 bits per heavy atom. The number of pyridine rings is 1. The molecule has 0 aliphatic heterocycles. The Hall–Kier alpha value is -1.62. The molecule has 0 saturated heterocycles. The van der Waals surface area contributed by atoms with E-state index in [0.717, 1.165) is 0 Å². The summed E-state index contributed by atoms with van der Waals surface area (Å²) < 4.78 is 0. The minimum atomic E-state index is -0.253. The predicted octanol–water partition coefficient (Wildman–Crippen LogP) is 0.0745. The molecule has 1 aromatic rings. The zero-order valence-corrected chi connectivity index (χ0v) is 7.03. The van der Waals surface area contributed by atoms with Gasteiger partial charge in [0.2, 0.25) is 5.91 Å². The Morgan fingerprint density at radius 1 is 1.69 bits per heavy atom. The molecule has 5 heteroatoms. The van der Waals surface area contributed by atoms with E-state index < -0.39 is 0 Å². The van der Waals surface area contributed by atoms with Gasteiger partial charge < -0.3 is 16.2 Å². The highest BCUT2D eigenvalue weighted by atomic mass is 16.3. The lowest BCUT2D eigenvalue weighted by Crippen LogP contribution is -2.16. The smallest absolute Gasteiger partial charge is 0.226 e. The maximum absolute atomic E-state index is 11.0. The Balaban J connectivity index is 2.63. The highest BCUT2D eigenvalue weighted by Crippen LogP contribution is 2.17. The van der Waals surface area contributed by atoms with Crippen molar-refractivity contribution in [2.45, 2.75) is 6.42 Å². The number of carbonyl (C=O) groups is 1. The van der Waals surface area contributed by atoms with Gasteiger partial charge in [-0.2, -0.15) is 0 Å². The largest absolute Gasteiger partial charge is 0.504 e. The van der Waals surface area contributed by atoms with E-state index >= 15 is 0 Å². The molecule has 0 bridgehead atoms. The van der Waals surface area contributed by atoms with Crippen molar-refractivity contribution in [2.75, 3.05) is 11.9 Å². The van der Waals surface area contributed by atoms with Crippen LogP contribution in [-0.2, 0) is 4.79 Å². The summed E-state index contributed by atoms with van der Waals surface area (Å²) >= 11 is 0. The number of hydrogen-bond acceptors (Lipinski definition) is 4. The number of aromatic hydroxyl groups is 1. The Morgan fingerprint density at radius 2 is 2.46 bits per heavy atom. The molecule has 70 valence electrons. The maximum Gasteiger partial charge on any atom is 0.226 e. The molecule has 13 heavy (non-hydrogen) atoms. The minimum Gasteiger partial charge on any atom is -0.504 e. The molecule has 0 radical (unpaired) electrons. The van der Waals surface area contributed by atoms with Gasteiger partial charge in [-0.1, -0.05) is 0 Å². The fourth-order valence-electron chi connectivity index (χ4n) is 0.819. The maximum atomic E-state index is 11.0. The van der Waals surface area contributed by atoms with Crippen LogP contribution in [0.2, 0.25) is 0 Å². The standard InChI is InChI=1S/C8H11N3O2/c9-4-3-7(13)11-8-6(12)2-1-5-10-8/h1-2,5,12H,3-4,9H2,(H,10,11,13). The van der Waals surface area contributed by atoms with Gasteiger partial charge in [0, 0.05) is 19.2 Å². The normalized spacial score (nSPS) is 9.62. The van der Waals surface area contributed by atoms with Crippen LogP contribution >= 0.6 is 0 Å². The molecule has 1 rings (SSSR count). The second kappa shape index (κ2) is 4.42. The highest BCUT2D eigenvalue weighted by Gasteiger charge is 2.04. The zero-order chi connectivity index (χ0) is 9.68. The van der Waals surface area contributed by atoms with E-state index in [1.807, 2.05) is 0 Å².